The van der Waals surface area contributed by atoms with E-state index < -0.39 is 9.23 Å². The van der Waals surface area contributed by atoms with Crippen molar-refractivity contribution in [3.8, 4) is 16.9 Å². The fourth-order valence-electron chi connectivity index (χ4n) is 3.68. The molecule has 4 heteroatoms. The topological polar surface area (TPSA) is 26.3 Å². The summed E-state index contributed by atoms with van der Waals surface area (Å²) in [7, 11) is 0.376. The molecule has 0 bridgehead atoms. The number of hydrogen-bond acceptors (Lipinski definition) is 2. The predicted octanol–water partition coefficient (Wildman–Crippen LogP) is 6.70. The van der Waals surface area contributed by atoms with Gasteiger partial charge in [-0.05, 0) is 47.5 Å². The molecule has 0 heterocycles. The molecule has 0 radical (unpaired) electrons. The first kappa shape index (κ1) is 18.2. The van der Waals surface area contributed by atoms with Gasteiger partial charge in [0.2, 0.25) is 0 Å². The number of fused-ring (bicyclic) bond motifs is 2. The molecule has 27 heavy (non-hydrogen) atoms. The van der Waals surface area contributed by atoms with E-state index in [-0.39, 0.29) is 0 Å². The number of rotatable bonds is 3. The Bertz CT molecular complexity index is 1210. The van der Waals surface area contributed by atoms with E-state index in [1.54, 1.807) is 7.11 Å². The highest BCUT2D eigenvalue weighted by molar-refractivity contribution is 9.46. The molecule has 136 valence electrons. The van der Waals surface area contributed by atoms with Crippen molar-refractivity contribution in [3.05, 3.63) is 71.8 Å². The van der Waals surface area contributed by atoms with Crippen LogP contribution in [-0.4, -0.2) is 11.3 Å². The Balaban J connectivity index is 2.22. The van der Waals surface area contributed by atoms with Crippen molar-refractivity contribution >= 4 is 45.6 Å². The van der Waals surface area contributed by atoms with Crippen LogP contribution >= 0.6 is 14.8 Å². The summed E-state index contributed by atoms with van der Waals surface area (Å²) in [5, 5.41) is 4.42. The number of methoxy groups -OCH3 is 1. The summed E-state index contributed by atoms with van der Waals surface area (Å²) in [5.41, 5.74) is 4.33. The minimum Gasteiger partial charge on any atom is -0.496 e. The normalized spacial score (nSPS) is 12.4. The summed E-state index contributed by atoms with van der Waals surface area (Å²) in [4.78, 5) is 0.748. The zero-order valence-corrected chi connectivity index (χ0v) is 17.8. The van der Waals surface area contributed by atoms with Crippen LogP contribution in [0.15, 0.2) is 65.6 Å². The summed E-state index contributed by atoms with van der Waals surface area (Å²) in [6.45, 7) is 4.17. The summed E-state index contributed by atoms with van der Waals surface area (Å²) in [5.74, 6) is 0.777. The zero-order chi connectivity index (χ0) is 19.1. The lowest BCUT2D eigenvalue weighted by Crippen LogP contribution is -1.96. The van der Waals surface area contributed by atoms with Gasteiger partial charge >= 0.3 is 0 Å². The number of ether oxygens (including phenoxy) is 1. The van der Waals surface area contributed by atoms with Gasteiger partial charge in [0.25, 0.3) is 0 Å². The summed E-state index contributed by atoms with van der Waals surface area (Å²) >= 11 is 3.28. The predicted molar refractivity (Wildman–Crippen MR) is 118 cm³/mol. The van der Waals surface area contributed by atoms with Gasteiger partial charge in [0.05, 0.1) is 12.0 Å². The van der Waals surface area contributed by atoms with Gasteiger partial charge < -0.3 is 4.74 Å². The summed E-state index contributed by atoms with van der Waals surface area (Å²) < 4.78 is 18.3. The van der Waals surface area contributed by atoms with Gasteiger partial charge in [-0.2, -0.15) is 0 Å². The van der Waals surface area contributed by atoms with Crippen LogP contribution in [0.4, 0.5) is 0 Å². The minimum absolute atomic E-state index is 0.748. The minimum atomic E-state index is -1.30. The Hall–Kier alpha value is -2.17. The number of hydrogen-bond donors (Lipinski definition) is 0. The Labute approximate surface area is 168 Å². The van der Waals surface area contributed by atoms with Gasteiger partial charge in [0.1, 0.15) is 15.0 Å². The maximum Gasteiger partial charge on any atom is 0.127 e. The van der Waals surface area contributed by atoms with Crippen molar-refractivity contribution in [2.45, 2.75) is 18.7 Å². The van der Waals surface area contributed by atoms with Crippen LogP contribution in [0.25, 0.3) is 32.7 Å². The van der Waals surface area contributed by atoms with E-state index in [0.717, 1.165) is 43.3 Å². The smallest absolute Gasteiger partial charge is 0.127 e. The van der Waals surface area contributed by atoms with Gasteiger partial charge in [-0.25, -0.2) is 4.21 Å². The van der Waals surface area contributed by atoms with Crippen molar-refractivity contribution in [3.63, 3.8) is 0 Å². The highest BCUT2D eigenvalue weighted by Crippen LogP contribution is 2.44. The lowest BCUT2D eigenvalue weighted by molar-refractivity contribution is 0.417. The van der Waals surface area contributed by atoms with Crippen molar-refractivity contribution in [2.75, 3.05) is 7.11 Å². The first-order valence-electron chi connectivity index (χ1n) is 8.68. The maximum absolute atomic E-state index is 12.5. The standard InChI is InChI=1S/C23H19BrO2S/c1-14-4-8-18-16(12-14)6-10-20(26-3)22(18)23-19-9-5-15(2)13-17(19)7-11-21(23)27(24)25/h4-13H,1-3H3. The number of benzene rings is 4. The molecule has 4 rings (SSSR count). The van der Waals surface area contributed by atoms with Crippen LogP contribution < -0.4 is 4.74 Å². The first-order valence-corrected chi connectivity index (χ1v) is 11.7. The quantitative estimate of drug-likeness (QED) is 0.332. The molecule has 0 amide bonds. The third kappa shape index (κ3) is 3.17. The van der Waals surface area contributed by atoms with E-state index in [9.17, 15) is 4.21 Å². The molecule has 0 aliphatic carbocycles. The van der Waals surface area contributed by atoms with Crippen molar-refractivity contribution in [1.29, 1.82) is 0 Å². The van der Waals surface area contributed by atoms with Gasteiger partial charge in [-0.3, -0.25) is 0 Å². The molecule has 0 aliphatic heterocycles. The Morgan fingerprint density at radius 2 is 1.33 bits per heavy atom. The molecule has 4 aromatic carbocycles. The monoisotopic (exact) mass is 438 g/mol. The largest absolute Gasteiger partial charge is 0.496 e. The SMILES string of the molecule is COc1ccc2cc(C)ccc2c1-c1c(S(=O)Br)ccc2cc(C)ccc12. The highest BCUT2D eigenvalue weighted by atomic mass is 79.9. The molecular weight excluding hydrogens is 420 g/mol. The van der Waals surface area contributed by atoms with E-state index in [1.165, 1.54) is 11.1 Å². The van der Waals surface area contributed by atoms with E-state index >= 15 is 0 Å². The van der Waals surface area contributed by atoms with Crippen LogP contribution in [0.1, 0.15) is 11.1 Å². The third-order valence-corrected chi connectivity index (χ3v) is 6.65. The third-order valence-electron chi connectivity index (χ3n) is 4.92. The van der Waals surface area contributed by atoms with Crippen LogP contribution in [0.3, 0.4) is 0 Å². The number of halogens is 1. The molecule has 0 saturated carbocycles. The highest BCUT2D eigenvalue weighted by Gasteiger charge is 2.20. The Morgan fingerprint density at radius 1 is 0.778 bits per heavy atom. The fraction of sp³-hybridized carbons (Fsp3) is 0.130. The molecule has 0 N–H and O–H groups in total. The van der Waals surface area contributed by atoms with E-state index in [1.807, 2.05) is 18.2 Å². The van der Waals surface area contributed by atoms with E-state index in [2.05, 4.69) is 71.1 Å². The molecule has 0 saturated heterocycles. The lowest BCUT2D eigenvalue weighted by Gasteiger charge is -2.17. The molecule has 4 aromatic rings. The second-order valence-electron chi connectivity index (χ2n) is 6.75. The average molecular weight is 439 g/mol. The van der Waals surface area contributed by atoms with Gasteiger partial charge in [-0.15, -0.1) is 0 Å². The average Bonchev–Trinajstić information content (AvgIpc) is 2.65. The van der Waals surface area contributed by atoms with Crippen molar-refractivity contribution in [2.24, 2.45) is 0 Å². The van der Waals surface area contributed by atoms with E-state index in [4.69, 9.17) is 4.74 Å². The number of aryl methyl sites for hydroxylation is 2. The molecule has 0 aliphatic rings. The van der Waals surface area contributed by atoms with Gasteiger partial charge in [0, 0.05) is 25.9 Å². The first-order chi connectivity index (χ1) is 13.0. The van der Waals surface area contributed by atoms with Crippen LogP contribution in [0.5, 0.6) is 5.75 Å². The van der Waals surface area contributed by atoms with Gasteiger partial charge in [-0.1, -0.05) is 59.7 Å². The fourth-order valence-corrected chi connectivity index (χ4v) is 5.03. The Kier molecular flexibility index (Phi) is 4.79. The molecule has 2 nitrogen and oxygen atoms in total. The van der Waals surface area contributed by atoms with Crippen LogP contribution in [0, 0.1) is 13.8 Å². The van der Waals surface area contributed by atoms with Crippen LogP contribution in [-0.2, 0) is 9.23 Å². The summed E-state index contributed by atoms with van der Waals surface area (Å²) in [6.07, 6.45) is 0. The molecule has 1 unspecified atom stereocenters. The second kappa shape index (κ2) is 7.10. The van der Waals surface area contributed by atoms with Crippen molar-refractivity contribution in [1.82, 2.24) is 0 Å². The van der Waals surface area contributed by atoms with E-state index in [0.29, 0.717) is 0 Å². The Morgan fingerprint density at radius 3 is 1.89 bits per heavy atom. The van der Waals surface area contributed by atoms with Crippen molar-refractivity contribution < 1.29 is 8.95 Å². The van der Waals surface area contributed by atoms with Crippen LogP contribution in [0.2, 0.25) is 0 Å². The molecule has 0 aromatic heterocycles. The zero-order valence-electron chi connectivity index (χ0n) is 15.4. The lowest BCUT2D eigenvalue weighted by atomic mass is 9.92. The molecule has 0 fully saturated rings. The molecule has 1 atom stereocenters. The maximum atomic E-state index is 12.5. The van der Waals surface area contributed by atoms with Gasteiger partial charge in [0.15, 0.2) is 0 Å². The molecular formula is C23H19BrO2S. The molecule has 0 spiro atoms. The second-order valence-corrected chi connectivity index (χ2v) is 9.41. The summed E-state index contributed by atoms with van der Waals surface area (Å²) in [6, 6.07) is 20.8.